The number of nitrogens with one attached hydrogen (secondary N) is 1. The third-order valence-electron chi connectivity index (χ3n) is 7.22. The Labute approximate surface area is 198 Å². The first-order valence-corrected chi connectivity index (χ1v) is 12.9. The highest BCUT2D eigenvalue weighted by Crippen LogP contribution is 2.26. The van der Waals surface area contributed by atoms with E-state index < -0.39 is 0 Å². The lowest BCUT2D eigenvalue weighted by Crippen LogP contribution is -2.39. The van der Waals surface area contributed by atoms with Crippen molar-refractivity contribution in [3.05, 3.63) is 48.3 Å². The highest BCUT2D eigenvalue weighted by molar-refractivity contribution is 5.78. The van der Waals surface area contributed by atoms with Crippen LogP contribution in [0, 0.1) is 5.92 Å². The molecular formula is C28H39N3O2. The molecule has 0 spiro atoms. The third-order valence-corrected chi connectivity index (χ3v) is 7.22. The Morgan fingerprint density at radius 3 is 2.39 bits per heavy atom. The van der Waals surface area contributed by atoms with Gasteiger partial charge in [-0.1, -0.05) is 43.9 Å². The quantitative estimate of drug-likeness (QED) is 0.569. The first kappa shape index (κ1) is 23.7. The van der Waals surface area contributed by atoms with Crippen molar-refractivity contribution in [1.29, 1.82) is 0 Å². The number of nitrogens with zero attached hydrogens (tertiary/aromatic N) is 2. The number of aromatic nitrogens is 1. The number of pyridine rings is 1. The maximum Gasteiger partial charge on any atom is 0.226 e. The zero-order valence-electron chi connectivity index (χ0n) is 20.1. The number of piperidine rings is 1. The Morgan fingerprint density at radius 1 is 1.00 bits per heavy atom. The van der Waals surface area contributed by atoms with E-state index in [0.29, 0.717) is 12.3 Å². The average Bonchev–Trinajstić information content (AvgIpc) is 2.86. The number of amides is 1. The molecule has 2 heterocycles. The summed E-state index contributed by atoms with van der Waals surface area (Å²) in [6.07, 6.45) is 12.6. The average molecular weight is 450 g/mol. The molecule has 1 aliphatic carbocycles. The molecule has 2 fully saturated rings. The van der Waals surface area contributed by atoms with Crippen molar-refractivity contribution >= 4 is 5.91 Å². The summed E-state index contributed by atoms with van der Waals surface area (Å²) in [6.45, 7) is 6.28. The summed E-state index contributed by atoms with van der Waals surface area (Å²) in [5, 5.41) is 3.19. The molecular weight excluding hydrogens is 410 g/mol. The summed E-state index contributed by atoms with van der Waals surface area (Å²) in [5.74, 6) is 1.60. The first-order valence-electron chi connectivity index (χ1n) is 12.9. The largest absolute Gasteiger partial charge is 0.492 e. The molecule has 1 aromatic carbocycles. The minimum Gasteiger partial charge on any atom is -0.492 e. The SMILES string of the molecule is C[C@@H](NC(=O)Cc1ccc(-c2ccc(OCCN3CCCCC3)cc2)cn1)C1CCCCC1. The van der Waals surface area contributed by atoms with Crippen LogP contribution in [0.3, 0.4) is 0 Å². The van der Waals surface area contributed by atoms with E-state index >= 15 is 0 Å². The van der Waals surface area contributed by atoms with E-state index in [2.05, 4.69) is 34.3 Å². The maximum absolute atomic E-state index is 12.5. The summed E-state index contributed by atoms with van der Waals surface area (Å²) < 4.78 is 5.94. The molecule has 1 amide bonds. The Kier molecular flexibility index (Phi) is 8.76. The molecule has 2 aromatic rings. The minimum absolute atomic E-state index is 0.0689. The van der Waals surface area contributed by atoms with E-state index in [1.54, 1.807) is 0 Å². The predicted molar refractivity (Wildman–Crippen MR) is 133 cm³/mol. The number of carbonyl (C=O) groups excluding carboxylic acids is 1. The van der Waals surface area contributed by atoms with Crippen molar-refractivity contribution in [2.24, 2.45) is 5.92 Å². The van der Waals surface area contributed by atoms with Crippen molar-refractivity contribution in [2.75, 3.05) is 26.2 Å². The predicted octanol–water partition coefficient (Wildman–Crippen LogP) is 5.24. The van der Waals surface area contributed by atoms with E-state index in [9.17, 15) is 4.79 Å². The topological polar surface area (TPSA) is 54.5 Å². The second kappa shape index (κ2) is 12.2. The number of hydrogen-bond donors (Lipinski definition) is 1. The molecule has 0 unspecified atom stereocenters. The van der Waals surface area contributed by atoms with E-state index in [4.69, 9.17) is 4.74 Å². The van der Waals surface area contributed by atoms with E-state index in [0.717, 1.165) is 35.7 Å². The Balaban J connectivity index is 1.23. The zero-order valence-corrected chi connectivity index (χ0v) is 20.1. The van der Waals surface area contributed by atoms with Gasteiger partial charge < -0.3 is 10.1 Å². The molecule has 1 atom stereocenters. The second-order valence-electron chi connectivity index (χ2n) is 9.74. The van der Waals surface area contributed by atoms with Crippen LogP contribution < -0.4 is 10.1 Å². The molecule has 1 aromatic heterocycles. The molecule has 4 rings (SSSR count). The van der Waals surface area contributed by atoms with Gasteiger partial charge in [-0.25, -0.2) is 0 Å². The van der Waals surface area contributed by atoms with E-state index in [1.165, 1.54) is 64.5 Å². The van der Waals surface area contributed by atoms with Gasteiger partial charge in [0.25, 0.3) is 0 Å². The smallest absolute Gasteiger partial charge is 0.226 e. The third kappa shape index (κ3) is 7.29. The van der Waals surface area contributed by atoms with Gasteiger partial charge in [-0.05, 0) is 75.4 Å². The molecule has 1 aliphatic heterocycles. The summed E-state index contributed by atoms with van der Waals surface area (Å²) in [5.41, 5.74) is 2.96. The molecule has 2 aliphatic rings. The molecule has 5 nitrogen and oxygen atoms in total. The van der Waals surface area contributed by atoms with Crippen LogP contribution in [-0.2, 0) is 11.2 Å². The van der Waals surface area contributed by atoms with Crippen LogP contribution >= 0.6 is 0 Å². The summed E-state index contributed by atoms with van der Waals surface area (Å²) in [6, 6.07) is 12.5. The number of ether oxygens (including phenoxy) is 1. The van der Waals surface area contributed by atoms with Gasteiger partial charge in [0.2, 0.25) is 5.91 Å². The molecule has 33 heavy (non-hydrogen) atoms. The van der Waals surface area contributed by atoms with Gasteiger partial charge >= 0.3 is 0 Å². The van der Waals surface area contributed by atoms with Crippen LogP contribution in [0.5, 0.6) is 5.75 Å². The van der Waals surface area contributed by atoms with Crippen LogP contribution in [-0.4, -0.2) is 48.1 Å². The standard InChI is InChI=1S/C28H39N3O2/c1-22(23-8-4-2-5-9-23)30-28(32)20-26-13-10-25(21-29-26)24-11-14-27(15-12-24)33-19-18-31-16-6-3-7-17-31/h10-15,21-23H,2-9,16-20H2,1H3,(H,30,32)/t22-/m1/s1. The number of likely N-dealkylation sites (tertiary alicyclic amines) is 1. The summed E-state index contributed by atoms with van der Waals surface area (Å²) in [4.78, 5) is 19.5. The monoisotopic (exact) mass is 449 g/mol. The maximum atomic E-state index is 12.5. The van der Waals surface area contributed by atoms with Crippen LogP contribution in [0.1, 0.15) is 64.0 Å². The Hall–Kier alpha value is -2.40. The van der Waals surface area contributed by atoms with Gasteiger partial charge in [0.05, 0.1) is 6.42 Å². The normalized spacial score (nSPS) is 18.6. The van der Waals surface area contributed by atoms with Crippen LogP contribution in [0.4, 0.5) is 0 Å². The first-order chi connectivity index (χ1) is 16.2. The lowest BCUT2D eigenvalue weighted by Gasteiger charge is -2.28. The second-order valence-corrected chi connectivity index (χ2v) is 9.74. The van der Waals surface area contributed by atoms with Gasteiger partial charge in [0.1, 0.15) is 12.4 Å². The minimum atomic E-state index is 0.0689. The molecule has 0 bridgehead atoms. The number of rotatable bonds is 9. The molecule has 1 saturated heterocycles. The van der Waals surface area contributed by atoms with Gasteiger partial charge in [-0.15, -0.1) is 0 Å². The van der Waals surface area contributed by atoms with Crippen molar-refractivity contribution in [1.82, 2.24) is 15.2 Å². The van der Waals surface area contributed by atoms with Crippen molar-refractivity contribution in [2.45, 2.75) is 70.8 Å². The highest BCUT2D eigenvalue weighted by atomic mass is 16.5. The van der Waals surface area contributed by atoms with Gasteiger partial charge in [0.15, 0.2) is 0 Å². The Morgan fingerprint density at radius 2 is 1.70 bits per heavy atom. The summed E-state index contributed by atoms with van der Waals surface area (Å²) >= 11 is 0. The number of benzene rings is 1. The fraction of sp³-hybridized carbons (Fsp3) is 0.571. The van der Waals surface area contributed by atoms with E-state index in [1.807, 2.05) is 30.5 Å². The number of hydrogen-bond acceptors (Lipinski definition) is 4. The van der Waals surface area contributed by atoms with Gasteiger partial charge in [0, 0.05) is 30.0 Å². The molecule has 1 N–H and O–H groups in total. The lowest BCUT2D eigenvalue weighted by molar-refractivity contribution is -0.121. The Bertz CT molecular complexity index is 854. The van der Waals surface area contributed by atoms with Crippen LogP contribution in [0.15, 0.2) is 42.6 Å². The van der Waals surface area contributed by atoms with E-state index in [-0.39, 0.29) is 11.9 Å². The number of carbonyl (C=O) groups is 1. The fourth-order valence-electron chi connectivity index (χ4n) is 5.14. The van der Waals surface area contributed by atoms with Crippen molar-refractivity contribution in [3.63, 3.8) is 0 Å². The van der Waals surface area contributed by atoms with Crippen molar-refractivity contribution < 1.29 is 9.53 Å². The van der Waals surface area contributed by atoms with Crippen LogP contribution in [0.25, 0.3) is 11.1 Å². The molecule has 0 radical (unpaired) electrons. The molecule has 5 heteroatoms. The molecule has 1 saturated carbocycles. The lowest BCUT2D eigenvalue weighted by atomic mass is 9.84. The fourth-order valence-corrected chi connectivity index (χ4v) is 5.14. The zero-order chi connectivity index (χ0) is 22.9. The van der Waals surface area contributed by atoms with Crippen molar-refractivity contribution in [3.8, 4) is 16.9 Å². The summed E-state index contributed by atoms with van der Waals surface area (Å²) in [7, 11) is 0. The van der Waals surface area contributed by atoms with Gasteiger partial charge in [-0.3, -0.25) is 14.7 Å². The molecule has 178 valence electrons. The van der Waals surface area contributed by atoms with Crippen LogP contribution in [0.2, 0.25) is 0 Å². The highest BCUT2D eigenvalue weighted by Gasteiger charge is 2.21. The van der Waals surface area contributed by atoms with Gasteiger partial charge in [-0.2, -0.15) is 0 Å².